The molecular formula is C18H23N3O5. The molecule has 1 N–H and O–H groups in total. The molecule has 0 bridgehead atoms. The fourth-order valence-electron chi connectivity index (χ4n) is 2.40. The Bertz CT molecular complexity index is 785. The molecule has 2 rings (SSSR count). The van der Waals surface area contributed by atoms with Gasteiger partial charge in [0.2, 0.25) is 0 Å². The Hall–Kier alpha value is -3.03. The molecule has 1 aromatic carbocycles. The van der Waals surface area contributed by atoms with Crippen LogP contribution in [0.3, 0.4) is 0 Å². The predicted octanol–water partition coefficient (Wildman–Crippen LogP) is 2.32. The second kappa shape index (κ2) is 8.89. The Morgan fingerprint density at radius 2 is 1.77 bits per heavy atom. The number of para-hydroxylation sites is 2. The van der Waals surface area contributed by atoms with Gasteiger partial charge in [-0.2, -0.15) is 5.10 Å². The third kappa shape index (κ3) is 4.53. The first-order chi connectivity index (χ1) is 12.5. The SMILES string of the molecule is CCOC(=O)c1c(C)nn(C)c1NC(=O)COc1ccccc1OCC. The van der Waals surface area contributed by atoms with Gasteiger partial charge in [-0.15, -0.1) is 0 Å². The number of aryl methyl sites for hydroxylation is 2. The molecule has 0 aliphatic carbocycles. The molecule has 8 heteroatoms. The highest BCUT2D eigenvalue weighted by atomic mass is 16.5. The van der Waals surface area contributed by atoms with Crippen LogP contribution >= 0.6 is 0 Å². The van der Waals surface area contributed by atoms with E-state index >= 15 is 0 Å². The van der Waals surface area contributed by atoms with Crippen LogP contribution in [0.25, 0.3) is 0 Å². The summed E-state index contributed by atoms with van der Waals surface area (Å²) in [7, 11) is 1.64. The van der Waals surface area contributed by atoms with Gasteiger partial charge in [-0.1, -0.05) is 12.1 Å². The lowest BCUT2D eigenvalue weighted by Gasteiger charge is -2.12. The molecule has 0 fully saturated rings. The highest BCUT2D eigenvalue weighted by molar-refractivity contribution is 6.01. The minimum Gasteiger partial charge on any atom is -0.490 e. The maximum absolute atomic E-state index is 12.3. The van der Waals surface area contributed by atoms with Crippen molar-refractivity contribution in [2.24, 2.45) is 7.05 Å². The van der Waals surface area contributed by atoms with E-state index in [1.165, 1.54) is 4.68 Å². The molecule has 0 atom stereocenters. The van der Waals surface area contributed by atoms with Gasteiger partial charge in [0.05, 0.1) is 18.9 Å². The lowest BCUT2D eigenvalue weighted by molar-refractivity contribution is -0.118. The van der Waals surface area contributed by atoms with E-state index in [0.29, 0.717) is 23.8 Å². The Labute approximate surface area is 152 Å². The van der Waals surface area contributed by atoms with Crippen LogP contribution in [0.2, 0.25) is 0 Å². The van der Waals surface area contributed by atoms with Crippen molar-refractivity contribution in [1.82, 2.24) is 9.78 Å². The summed E-state index contributed by atoms with van der Waals surface area (Å²) in [6.45, 7) is 5.74. The zero-order chi connectivity index (χ0) is 19.1. The van der Waals surface area contributed by atoms with Crippen molar-refractivity contribution in [3.8, 4) is 11.5 Å². The summed E-state index contributed by atoms with van der Waals surface area (Å²) in [6, 6.07) is 7.09. The predicted molar refractivity (Wildman–Crippen MR) is 95.6 cm³/mol. The van der Waals surface area contributed by atoms with Crippen LogP contribution in [-0.4, -0.2) is 41.5 Å². The van der Waals surface area contributed by atoms with E-state index in [4.69, 9.17) is 14.2 Å². The van der Waals surface area contributed by atoms with Crippen molar-refractivity contribution in [3.63, 3.8) is 0 Å². The maximum atomic E-state index is 12.3. The van der Waals surface area contributed by atoms with Gasteiger partial charge in [0.25, 0.3) is 5.91 Å². The zero-order valence-electron chi connectivity index (χ0n) is 15.4. The van der Waals surface area contributed by atoms with E-state index in [1.807, 2.05) is 13.0 Å². The van der Waals surface area contributed by atoms with E-state index in [0.717, 1.165) is 0 Å². The van der Waals surface area contributed by atoms with E-state index < -0.39 is 11.9 Å². The van der Waals surface area contributed by atoms with Crippen LogP contribution < -0.4 is 14.8 Å². The topological polar surface area (TPSA) is 91.7 Å². The van der Waals surface area contributed by atoms with Gasteiger partial charge < -0.3 is 19.5 Å². The van der Waals surface area contributed by atoms with Crippen LogP contribution in [0.1, 0.15) is 29.9 Å². The molecule has 0 aliphatic heterocycles. The van der Waals surface area contributed by atoms with Crippen molar-refractivity contribution in [1.29, 1.82) is 0 Å². The number of benzene rings is 1. The van der Waals surface area contributed by atoms with E-state index in [1.54, 1.807) is 39.1 Å². The summed E-state index contributed by atoms with van der Waals surface area (Å²) in [4.78, 5) is 24.4. The Morgan fingerprint density at radius 1 is 1.12 bits per heavy atom. The Kier molecular flexibility index (Phi) is 6.60. The van der Waals surface area contributed by atoms with Crippen LogP contribution in [0.5, 0.6) is 11.5 Å². The minimum atomic E-state index is -0.531. The molecule has 0 radical (unpaired) electrons. The summed E-state index contributed by atoms with van der Waals surface area (Å²) < 4.78 is 17.4. The van der Waals surface area contributed by atoms with Crippen LogP contribution in [0.4, 0.5) is 5.82 Å². The molecule has 1 amide bonds. The summed E-state index contributed by atoms with van der Waals surface area (Å²) in [6.07, 6.45) is 0. The number of nitrogens with zero attached hydrogens (tertiary/aromatic N) is 2. The summed E-state index contributed by atoms with van der Waals surface area (Å²) in [5, 5.41) is 6.82. The molecule has 0 spiro atoms. The fourth-order valence-corrected chi connectivity index (χ4v) is 2.40. The number of hydrogen-bond donors (Lipinski definition) is 1. The van der Waals surface area contributed by atoms with Gasteiger partial charge >= 0.3 is 5.97 Å². The monoisotopic (exact) mass is 361 g/mol. The molecule has 2 aromatic rings. The first kappa shape index (κ1) is 19.3. The average Bonchev–Trinajstić information content (AvgIpc) is 2.88. The number of carbonyl (C=O) groups is 2. The van der Waals surface area contributed by atoms with E-state index in [9.17, 15) is 9.59 Å². The van der Waals surface area contributed by atoms with Crippen molar-refractivity contribution >= 4 is 17.7 Å². The largest absolute Gasteiger partial charge is 0.490 e. The zero-order valence-corrected chi connectivity index (χ0v) is 15.4. The van der Waals surface area contributed by atoms with Crippen molar-refractivity contribution < 1.29 is 23.8 Å². The first-order valence-electron chi connectivity index (χ1n) is 8.33. The average molecular weight is 361 g/mol. The van der Waals surface area contributed by atoms with Gasteiger partial charge in [0.15, 0.2) is 18.1 Å². The molecule has 1 heterocycles. The summed E-state index contributed by atoms with van der Waals surface area (Å²) in [5.74, 6) is 0.344. The lowest BCUT2D eigenvalue weighted by atomic mass is 10.2. The van der Waals surface area contributed by atoms with E-state index in [2.05, 4.69) is 10.4 Å². The maximum Gasteiger partial charge on any atom is 0.343 e. The number of nitrogens with one attached hydrogen (secondary N) is 1. The van der Waals surface area contributed by atoms with Gasteiger partial charge in [0, 0.05) is 7.05 Å². The second-order valence-electron chi connectivity index (χ2n) is 5.37. The van der Waals surface area contributed by atoms with Crippen LogP contribution in [-0.2, 0) is 16.6 Å². The normalized spacial score (nSPS) is 10.3. The number of amides is 1. The molecule has 8 nitrogen and oxygen atoms in total. The van der Waals surface area contributed by atoms with Crippen molar-refractivity contribution in [2.75, 3.05) is 25.1 Å². The summed E-state index contributed by atoms with van der Waals surface area (Å²) in [5.41, 5.74) is 0.710. The first-order valence-corrected chi connectivity index (χ1v) is 8.33. The highest BCUT2D eigenvalue weighted by Gasteiger charge is 2.23. The molecule has 26 heavy (non-hydrogen) atoms. The molecule has 140 valence electrons. The molecule has 0 saturated carbocycles. The quantitative estimate of drug-likeness (QED) is 0.726. The van der Waals surface area contributed by atoms with Crippen molar-refractivity contribution in [3.05, 3.63) is 35.5 Å². The number of rotatable bonds is 8. The Morgan fingerprint density at radius 3 is 2.38 bits per heavy atom. The number of aromatic nitrogens is 2. The third-order valence-corrected chi connectivity index (χ3v) is 3.47. The van der Waals surface area contributed by atoms with Gasteiger partial charge in [0.1, 0.15) is 11.4 Å². The molecule has 0 aliphatic rings. The fraction of sp³-hybridized carbons (Fsp3) is 0.389. The number of ether oxygens (including phenoxy) is 3. The van der Waals surface area contributed by atoms with E-state index in [-0.39, 0.29) is 24.6 Å². The number of hydrogen-bond acceptors (Lipinski definition) is 6. The number of esters is 1. The lowest BCUT2D eigenvalue weighted by Crippen LogP contribution is -2.23. The molecule has 1 aromatic heterocycles. The van der Waals surface area contributed by atoms with Crippen LogP contribution in [0.15, 0.2) is 24.3 Å². The summed E-state index contributed by atoms with van der Waals surface area (Å²) >= 11 is 0. The second-order valence-corrected chi connectivity index (χ2v) is 5.37. The van der Waals surface area contributed by atoms with Gasteiger partial charge in [-0.3, -0.25) is 9.48 Å². The van der Waals surface area contributed by atoms with Gasteiger partial charge in [-0.05, 0) is 32.9 Å². The number of carbonyl (C=O) groups excluding carboxylic acids is 2. The third-order valence-electron chi connectivity index (χ3n) is 3.47. The van der Waals surface area contributed by atoms with Crippen LogP contribution in [0, 0.1) is 6.92 Å². The molecule has 0 unspecified atom stereocenters. The Balaban J connectivity index is 2.08. The van der Waals surface area contributed by atoms with Crippen molar-refractivity contribution in [2.45, 2.75) is 20.8 Å². The highest BCUT2D eigenvalue weighted by Crippen LogP contribution is 2.26. The minimum absolute atomic E-state index is 0.234. The molecule has 0 saturated heterocycles. The molecular weight excluding hydrogens is 338 g/mol. The van der Waals surface area contributed by atoms with Gasteiger partial charge in [-0.25, -0.2) is 4.79 Å². The standard InChI is InChI=1S/C18H23N3O5/c1-5-24-13-9-7-8-10-14(13)26-11-15(22)19-17-16(18(23)25-6-2)12(3)20-21(17)4/h7-10H,5-6,11H2,1-4H3,(H,19,22). The smallest absolute Gasteiger partial charge is 0.343 e. The number of anilines is 1.